The molecular formula is C20H22N4O3S. The van der Waals surface area contributed by atoms with Crippen LogP contribution in [0, 0.1) is 0 Å². The fourth-order valence-electron chi connectivity index (χ4n) is 3.08. The predicted octanol–water partition coefficient (Wildman–Crippen LogP) is 3.22. The lowest BCUT2D eigenvalue weighted by molar-refractivity contribution is 0.217. The van der Waals surface area contributed by atoms with Crippen LogP contribution >= 0.6 is 0 Å². The molecule has 0 amide bonds. The van der Waals surface area contributed by atoms with Crippen molar-refractivity contribution < 1.29 is 12.9 Å². The Bertz CT molecular complexity index is 1060. The molecule has 0 saturated carbocycles. The molecule has 0 spiro atoms. The Morgan fingerprint density at radius 3 is 2.43 bits per heavy atom. The lowest BCUT2D eigenvalue weighted by atomic mass is 9.87. The lowest BCUT2D eigenvalue weighted by Crippen LogP contribution is -2.48. The van der Waals surface area contributed by atoms with Crippen molar-refractivity contribution in [3.05, 3.63) is 60.2 Å². The first-order valence-corrected chi connectivity index (χ1v) is 10.5. The number of hydrogen-bond donors (Lipinski definition) is 0. The van der Waals surface area contributed by atoms with Crippen molar-refractivity contribution in [1.29, 1.82) is 0 Å². The van der Waals surface area contributed by atoms with Crippen molar-refractivity contribution >= 4 is 10.0 Å². The van der Waals surface area contributed by atoms with E-state index in [4.69, 9.17) is 4.52 Å². The molecule has 2 aromatic heterocycles. The van der Waals surface area contributed by atoms with Crippen LogP contribution in [0.15, 0.2) is 58.2 Å². The Kier molecular flexibility index (Phi) is 4.55. The van der Waals surface area contributed by atoms with Crippen LogP contribution in [0.3, 0.4) is 0 Å². The highest BCUT2D eigenvalue weighted by atomic mass is 32.2. The van der Waals surface area contributed by atoms with Gasteiger partial charge in [-0.1, -0.05) is 38.1 Å². The van der Waals surface area contributed by atoms with Gasteiger partial charge in [0.15, 0.2) is 0 Å². The van der Waals surface area contributed by atoms with Gasteiger partial charge in [-0.15, -0.1) is 0 Å². The summed E-state index contributed by atoms with van der Waals surface area (Å²) < 4.78 is 32.4. The fraction of sp³-hybridized carbons (Fsp3) is 0.350. The minimum absolute atomic E-state index is 0.0198. The molecule has 3 heterocycles. The Hall–Kier alpha value is -2.58. The van der Waals surface area contributed by atoms with Gasteiger partial charge >= 0.3 is 0 Å². The summed E-state index contributed by atoms with van der Waals surface area (Å²) in [6.07, 6.45) is 3.33. The Labute approximate surface area is 164 Å². The van der Waals surface area contributed by atoms with Crippen LogP contribution in [0.2, 0.25) is 0 Å². The van der Waals surface area contributed by atoms with E-state index in [9.17, 15) is 8.42 Å². The maximum absolute atomic E-state index is 12.8. The van der Waals surface area contributed by atoms with Crippen LogP contribution in [-0.2, 0) is 15.4 Å². The van der Waals surface area contributed by atoms with Gasteiger partial charge in [0.25, 0.3) is 0 Å². The molecule has 1 fully saturated rings. The number of sulfonamides is 1. The molecule has 3 aromatic rings. The van der Waals surface area contributed by atoms with E-state index in [1.54, 1.807) is 30.6 Å². The second-order valence-electron chi connectivity index (χ2n) is 7.99. The summed E-state index contributed by atoms with van der Waals surface area (Å²) in [4.78, 5) is 8.74. The molecule has 4 rings (SSSR count). The fourth-order valence-corrected chi connectivity index (χ4v) is 4.61. The van der Waals surface area contributed by atoms with E-state index in [0.29, 0.717) is 29.7 Å². The molecule has 8 heteroatoms. The highest BCUT2D eigenvalue weighted by Crippen LogP contribution is 2.32. The molecule has 0 bridgehead atoms. The zero-order chi connectivity index (χ0) is 19.9. The molecule has 0 aliphatic carbocycles. The molecule has 0 radical (unpaired) electrons. The van der Waals surface area contributed by atoms with Gasteiger partial charge in [0, 0.05) is 31.0 Å². The maximum Gasteiger partial charge on any atom is 0.243 e. The zero-order valence-corrected chi connectivity index (χ0v) is 16.8. The summed E-state index contributed by atoms with van der Waals surface area (Å²) in [7, 11) is -3.52. The van der Waals surface area contributed by atoms with E-state index in [1.807, 2.05) is 18.2 Å². The minimum atomic E-state index is -3.52. The van der Waals surface area contributed by atoms with E-state index in [2.05, 4.69) is 35.9 Å². The van der Waals surface area contributed by atoms with Crippen molar-refractivity contribution in [3.63, 3.8) is 0 Å². The molecule has 1 saturated heterocycles. The monoisotopic (exact) mass is 398 g/mol. The summed E-state index contributed by atoms with van der Waals surface area (Å²) in [6.45, 7) is 6.96. The normalized spacial score (nSPS) is 16.1. The first-order chi connectivity index (χ1) is 13.2. The van der Waals surface area contributed by atoms with Gasteiger partial charge in [0.1, 0.15) is 0 Å². The highest BCUT2D eigenvalue weighted by molar-refractivity contribution is 7.89. The maximum atomic E-state index is 12.8. The second kappa shape index (κ2) is 6.79. The van der Waals surface area contributed by atoms with E-state index < -0.39 is 10.0 Å². The predicted molar refractivity (Wildman–Crippen MR) is 104 cm³/mol. The van der Waals surface area contributed by atoms with Crippen molar-refractivity contribution in [2.75, 3.05) is 13.1 Å². The third kappa shape index (κ3) is 3.45. The molecule has 0 atom stereocenters. The molecule has 146 valence electrons. The Morgan fingerprint density at radius 2 is 1.82 bits per heavy atom. The number of hydrogen-bond acceptors (Lipinski definition) is 6. The summed E-state index contributed by atoms with van der Waals surface area (Å²) >= 11 is 0. The summed E-state index contributed by atoms with van der Waals surface area (Å²) in [5, 5.41) is 3.97. The van der Waals surface area contributed by atoms with Crippen molar-refractivity contribution in [1.82, 2.24) is 19.4 Å². The van der Waals surface area contributed by atoms with Gasteiger partial charge in [0.2, 0.25) is 21.7 Å². The molecule has 1 aliphatic rings. The van der Waals surface area contributed by atoms with Gasteiger partial charge in [-0.3, -0.25) is 4.98 Å². The quantitative estimate of drug-likeness (QED) is 0.670. The van der Waals surface area contributed by atoms with Crippen LogP contribution in [0.5, 0.6) is 0 Å². The van der Waals surface area contributed by atoms with Gasteiger partial charge < -0.3 is 4.52 Å². The number of nitrogens with zero attached hydrogens (tertiary/aromatic N) is 4. The van der Waals surface area contributed by atoms with Gasteiger partial charge in [-0.2, -0.15) is 9.29 Å². The van der Waals surface area contributed by atoms with Crippen LogP contribution in [0.1, 0.15) is 38.1 Å². The Balaban J connectivity index is 1.45. The lowest BCUT2D eigenvalue weighted by Gasteiger charge is -2.35. The molecule has 1 aromatic carbocycles. The average molecular weight is 398 g/mol. The van der Waals surface area contributed by atoms with Crippen LogP contribution in [0.4, 0.5) is 0 Å². The molecular weight excluding hydrogens is 376 g/mol. The van der Waals surface area contributed by atoms with Crippen LogP contribution in [0.25, 0.3) is 11.4 Å². The van der Waals surface area contributed by atoms with E-state index in [1.165, 1.54) is 4.31 Å². The van der Waals surface area contributed by atoms with Crippen molar-refractivity contribution in [3.8, 4) is 11.4 Å². The van der Waals surface area contributed by atoms with Gasteiger partial charge in [-0.05, 0) is 35.2 Å². The van der Waals surface area contributed by atoms with Crippen molar-refractivity contribution in [2.45, 2.75) is 37.0 Å². The van der Waals surface area contributed by atoms with E-state index in [-0.39, 0.29) is 11.3 Å². The number of benzene rings is 1. The van der Waals surface area contributed by atoms with Crippen LogP contribution < -0.4 is 0 Å². The third-order valence-electron chi connectivity index (χ3n) is 4.92. The minimum Gasteiger partial charge on any atom is -0.339 e. The largest absolute Gasteiger partial charge is 0.339 e. The summed E-state index contributed by atoms with van der Waals surface area (Å²) in [5.41, 5.74) is 1.84. The zero-order valence-electron chi connectivity index (χ0n) is 16.0. The summed E-state index contributed by atoms with van der Waals surface area (Å²) in [5.74, 6) is 0.817. The molecule has 1 aliphatic heterocycles. The molecule has 28 heavy (non-hydrogen) atoms. The van der Waals surface area contributed by atoms with Crippen molar-refractivity contribution in [2.24, 2.45) is 0 Å². The van der Waals surface area contributed by atoms with Gasteiger partial charge in [0.05, 0.1) is 10.8 Å². The van der Waals surface area contributed by atoms with E-state index in [0.717, 1.165) is 11.1 Å². The molecule has 7 nitrogen and oxygen atoms in total. The Morgan fingerprint density at radius 1 is 1.11 bits per heavy atom. The molecule has 0 unspecified atom stereocenters. The number of rotatable bonds is 4. The SMILES string of the molecule is CC(C)(C)c1ccc(S(=O)(=O)N2CC(c3nc(-c4cccnc4)no3)C2)cc1. The average Bonchev–Trinajstić information content (AvgIpc) is 3.10. The smallest absolute Gasteiger partial charge is 0.243 e. The van der Waals surface area contributed by atoms with Gasteiger partial charge in [-0.25, -0.2) is 8.42 Å². The number of aromatic nitrogens is 3. The highest BCUT2D eigenvalue weighted by Gasteiger charge is 2.40. The topological polar surface area (TPSA) is 89.2 Å². The summed E-state index contributed by atoms with van der Waals surface area (Å²) in [6, 6.07) is 10.8. The number of pyridine rings is 1. The third-order valence-corrected chi connectivity index (χ3v) is 6.76. The molecule has 0 N–H and O–H groups in total. The first-order valence-electron chi connectivity index (χ1n) is 9.10. The van der Waals surface area contributed by atoms with E-state index >= 15 is 0 Å². The standard InChI is InChI=1S/C20H22N4O3S/c1-20(2,3)16-6-8-17(9-7-16)28(25,26)24-12-15(13-24)19-22-18(23-27-19)14-5-4-10-21-11-14/h4-11,15H,12-13H2,1-3H3. The first kappa shape index (κ1) is 18.8. The van der Waals surface area contributed by atoms with Crippen LogP contribution in [-0.4, -0.2) is 40.9 Å². The second-order valence-corrected chi connectivity index (χ2v) is 9.93.